The summed E-state index contributed by atoms with van der Waals surface area (Å²) in [6.07, 6.45) is 1.43. The van der Waals surface area contributed by atoms with E-state index in [0.717, 1.165) is 0 Å². The lowest BCUT2D eigenvalue weighted by Crippen LogP contribution is -2.10. The fourth-order valence-electron chi connectivity index (χ4n) is 2.65. The van der Waals surface area contributed by atoms with Gasteiger partial charge < -0.3 is 14.8 Å². The molecule has 0 bridgehead atoms. The molecule has 0 unspecified atom stereocenters. The van der Waals surface area contributed by atoms with Gasteiger partial charge in [0.2, 0.25) is 0 Å². The Morgan fingerprint density at radius 1 is 1.15 bits per heavy atom. The van der Waals surface area contributed by atoms with Crippen molar-refractivity contribution in [3.8, 4) is 5.75 Å². The van der Waals surface area contributed by atoms with Gasteiger partial charge in [-0.2, -0.15) is 0 Å². The number of nitrogens with one attached hydrogen (secondary N) is 1. The first-order chi connectivity index (χ1) is 12.6. The second-order valence-corrected chi connectivity index (χ2v) is 5.48. The molecule has 0 atom stereocenters. The summed E-state index contributed by atoms with van der Waals surface area (Å²) in [5.74, 6) is -0.310. The molecule has 142 valence electrons. The first kappa shape index (κ1) is 20.5. The van der Waals surface area contributed by atoms with Crippen molar-refractivity contribution >= 4 is 40.7 Å². The van der Waals surface area contributed by atoms with Gasteiger partial charge in [0.25, 0.3) is 0 Å². The average Bonchev–Trinajstić information content (AvgIpc) is 2.64. The van der Waals surface area contributed by atoms with Gasteiger partial charge in [0.1, 0.15) is 17.1 Å². The highest BCUT2D eigenvalue weighted by atomic mass is 35.5. The molecule has 0 radical (unpaired) electrons. The number of esters is 1. The lowest BCUT2D eigenvalue weighted by molar-refractivity contribution is 0.0527. The maximum Gasteiger partial charge on any atom is 0.341 e. The number of para-hydroxylation sites is 2. The number of carbonyl (C=O) groups excluding carboxylic acids is 1. The molecule has 1 heterocycles. The van der Waals surface area contributed by atoms with Gasteiger partial charge in [-0.1, -0.05) is 12.1 Å². The van der Waals surface area contributed by atoms with Crippen LogP contribution in [0.2, 0.25) is 0 Å². The number of hydrogen-bond donors (Lipinski definition) is 1. The number of rotatable bonds is 6. The van der Waals surface area contributed by atoms with Crippen molar-refractivity contribution in [2.24, 2.45) is 0 Å². The SMILES string of the molecule is CCOC(=O)c1cnc2ccc(F)cc2c1Nc1ccccc1OCC.Cl. The van der Waals surface area contributed by atoms with Crippen LogP contribution in [0.5, 0.6) is 5.75 Å². The second-order valence-electron chi connectivity index (χ2n) is 5.48. The van der Waals surface area contributed by atoms with E-state index in [0.29, 0.717) is 34.6 Å². The number of hydrogen-bond acceptors (Lipinski definition) is 5. The van der Waals surface area contributed by atoms with Crippen LogP contribution in [0, 0.1) is 5.82 Å². The van der Waals surface area contributed by atoms with Crippen molar-refractivity contribution in [3.05, 3.63) is 60.0 Å². The van der Waals surface area contributed by atoms with Crippen LogP contribution in [0.15, 0.2) is 48.7 Å². The number of halogens is 2. The van der Waals surface area contributed by atoms with Crippen molar-refractivity contribution in [2.75, 3.05) is 18.5 Å². The zero-order valence-electron chi connectivity index (χ0n) is 15.0. The molecule has 3 rings (SSSR count). The van der Waals surface area contributed by atoms with Crippen molar-refractivity contribution in [3.63, 3.8) is 0 Å². The summed E-state index contributed by atoms with van der Waals surface area (Å²) in [6, 6.07) is 11.6. The van der Waals surface area contributed by atoms with E-state index in [1.807, 2.05) is 31.2 Å². The van der Waals surface area contributed by atoms with Gasteiger partial charge in [-0.05, 0) is 44.2 Å². The summed E-state index contributed by atoms with van der Waals surface area (Å²) < 4.78 is 24.6. The lowest BCUT2D eigenvalue weighted by atomic mass is 10.1. The Morgan fingerprint density at radius 3 is 2.67 bits per heavy atom. The summed E-state index contributed by atoms with van der Waals surface area (Å²) >= 11 is 0. The number of nitrogens with zero attached hydrogens (tertiary/aromatic N) is 1. The predicted molar refractivity (Wildman–Crippen MR) is 106 cm³/mol. The number of pyridine rings is 1. The highest BCUT2D eigenvalue weighted by Gasteiger charge is 2.18. The Morgan fingerprint density at radius 2 is 1.93 bits per heavy atom. The standard InChI is InChI=1S/C20H19FN2O3.ClH/c1-3-25-18-8-6-5-7-17(18)23-19-14-11-13(21)9-10-16(14)22-12-15(19)20(24)26-4-2;/h5-12H,3-4H2,1-2H3,(H,22,23);1H. The minimum atomic E-state index is -0.525. The molecule has 0 amide bonds. The fourth-order valence-corrected chi connectivity index (χ4v) is 2.65. The highest BCUT2D eigenvalue weighted by Crippen LogP contribution is 2.34. The summed E-state index contributed by atoms with van der Waals surface area (Å²) in [6.45, 7) is 4.34. The van der Waals surface area contributed by atoms with Crippen molar-refractivity contribution in [1.82, 2.24) is 4.98 Å². The number of benzene rings is 2. The minimum Gasteiger partial charge on any atom is -0.492 e. The Balaban J connectivity index is 0.00000261. The first-order valence-electron chi connectivity index (χ1n) is 8.38. The van der Waals surface area contributed by atoms with Crippen LogP contribution in [-0.4, -0.2) is 24.2 Å². The zero-order chi connectivity index (χ0) is 18.5. The molecule has 2 aromatic carbocycles. The topological polar surface area (TPSA) is 60.5 Å². The van der Waals surface area contributed by atoms with Crippen LogP contribution in [0.3, 0.4) is 0 Å². The third-order valence-electron chi connectivity index (χ3n) is 3.77. The molecule has 0 saturated carbocycles. The predicted octanol–water partition coefficient (Wildman–Crippen LogP) is 5.11. The van der Waals surface area contributed by atoms with E-state index in [1.165, 1.54) is 18.3 Å². The molecule has 5 nitrogen and oxygen atoms in total. The van der Waals surface area contributed by atoms with E-state index in [2.05, 4.69) is 10.3 Å². The van der Waals surface area contributed by atoms with Crippen molar-refractivity contribution in [1.29, 1.82) is 0 Å². The summed E-state index contributed by atoms with van der Waals surface area (Å²) in [4.78, 5) is 16.6. The van der Waals surface area contributed by atoms with Crippen LogP contribution in [0.1, 0.15) is 24.2 Å². The van der Waals surface area contributed by atoms with Gasteiger partial charge in [0, 0.05) is 11.6 Å². The number of anilines is 2. The Hall–Kier alpha value is -2.86. The van der Waals surface area contributed by atoms with Gasteiger partial charge in [-0.25, -0.2) is 9.18 Å². The summed E-state index contributed by atoms with van der Waals surface area (Å²) in [5.41, 5.74) is 1.89. The van der Waals surface area contributed by atoms with Crippen molar-refractivity contribution < 1.29 is 18.7 Å². The van der Waals surface area contributed by atoms with Crippen molar-refractivity contribution in [2.45, 2.75) is 13.8 Å². The van der Waals surface area contributed by atoms with E-state index in [1.54, 1.807) is 13.0 Å². The first-order valence-corrected chi connectivity index (χ1v) is 8.38. The van der Waals surface area contributed by atoms with Gasteiger partial charge in [0.15, 0.2) is 0 Å². The molecule has 3 aromatic rings. The monoisotopic (exact) mass is 390 g/mol. The van der Waals surface area contributed by atoms with Crippen LogP contribution >= 0.6 is 12.4 Å². The number of aromatic nitrogens is 1. The lowest BCUT2D eigenvalue weighted by Gasteiger charge is -2.16. The van der Waals surface area contributed by atoms with E-state index in [4.69, 9.17) is 9.47 Å². The molecule has 1 aromatic heterocycles. The molecule has 0 aliphatic heterocycles. The normalized spacial score (nSPS) is 10.2. The van der Waals surface area contributed by atoms with Gasteiger partial charge >= 0.3 is 5.97 Å². The third-order valence-corrected chi connectivity index (χ3v) is 3.77. The quantitative estimate of drug-likeness (QED) is 0.592. The maximum absolute atomic E-state index is 13.8. The van der Waals surface area contributed by atoms with E-state index in [-0.39, 0.29) is 24.6 Å². The summed E-state index contributed by atoms with van der Waals surface area (Å²) in [5, 5.41) is 3.69. The molecule has 0 saturated heterocycles. The highest BCUT2D eigenvalue weighted by molar-refractivity contribution is 6.06. The molecule has 0 aliphatic rings. The third kappa shape index (κ3) is 4.46. The van der Waals surface area contributed by atoms with Crippen LogP contribution in [0.4, 0.5) is 15.8 Å². The largest absolute Gasteiger partial charge is 0.492 e. The van der Waals surface area contributed by atoms with E-state index < -0.39 is 11.8 Å². The second kappa shape index (κ2) is 9.19. The molecular weight excluding hydrogens is 371 g/mol. The van der Waals surface area contributed by atoms with Crippen LogP contribution < -0.4 is 10.1 Å². The fraction of sp³-hybridized carbons (Fsp3) is 0.200. The smallest absolute Gasteiger partial charge is 0.341 e. The number of ether oxygens (including phenoxy) is 2. The van der Waals surface area contributed by atoms with E-state index in [9.17, 15) is 9.18 Å². The molecule has 7 heteroatoms. The molecule has 1 N–H and O–H groups in total. The van der Waals surface area contributed by atoms with Gasteiger partial charge in [-0.3, -0.25) is 4.98 Å². The number of carbonyl (C=O) groups is 1. The Bertz CT molecular complexity index is 950. The Labute approximate surface area is 162 Å². The molecule has 0 fully saturated rings. The molecular formula is C20H20ClFN2O3. The summed E-state index contributed by atoms with van der Waals surface area (Å²) in [7, 11) is 0. The minimum absolute atomic E-state index is 0. The molecule has 0 aliphatic carbocycles. The average molecular weight is 391 g/mol. The molecule has 0 spiro atoms. The zero-order valence-corrected chi connectivity index (χ0v) is 15.8. The number of fused-ring (bicyclic) bond motifs is 1. The Kier molecular flexibility index (Phi) is 6.96. The van der Waals surface area contributed by atoms with E-state index >= 15 is 0 Å². The molecule has 27 heavy (non-hydrogen) atoms. The van der Waals surface area contributed by atoms with Crippen LogP contribution in [-0.2, 0) is 4.74 Å². The maximum atomic E-state index is 13.8. The van der Waals surface area contributed by atoms with Gasteiger partial charge in [0.05, 0.1) is 30.1 Å². The van der Waals surface area contributed by atoms with Crippen LogP contribution in [0.25, 0.3) is 10.9 Å². The van der Waals surface area contributed by atoms with Gasteiger partial charge in [-0.15, -0.1) is 12.4 Å².